The molecule has 0 bridgehead atoms. The maximum Gasteiger partial charge on any atom is 0.236 e. The number of hydrogen-bond acceptors (Lipinski definition) is 5. The van der Waals surface area contributed by atoms with Crippen LogP contribution in [-0.2, 0) is 4.79 Å². The third-order valence-electron chi connectivity index (χ3n) is 5.66. The van der Waals surface area contributed by atoms with Crippen molar-refractivity contribution < 1.29 is 14.3 Å². The summed E-state index contributed by atoms with van der Waals surface area (Å²) in [6.45, 7) is 7.25. The lowest BCUT2D eigenvalue weighted by Crippen LogP contribution is -2.51. The number of aryl methyl sites for hydroxylation is 1. The molecule has 29 heavy (non-hydrogen) atoms. The van der Waals surface area contributed by atoms with Gasteiger partial charge in [-0.15, -0.1) is 0 Å². The maximum atomic E-state index is 12.7. The molecule has 2 aromatic rings. The number of para-hydroxylation sites is 3. The van der Waals surface area contributed by atoms with Gasteiger partial charge >= 0.3 is 0 Å². The second kappa shape index (κ2) is 8.74. The number of likely N-dealkylation sites (N-methyl/N-ethyl adjacent to an activating group) is 1. The molecule has 2 aliphatic rings. The third-order valence-corrected chi connectivity index (χ3v) is 5.66. The van der Waals surface area contributed by atoms with E-state index in [9.17, 15) is 4.79 Å². The number of ether oxygens (including phenoxy) is 2. The Hall–Kier alpha value is -2.73. The van der Waals surface area contributed by atoms with E-state index in [1.807, 2.05) is 31.3 Å². The first-order valence-electron chi connectivity index (χ1n) is 10.3. The van der Waals surface area contributed by atoms with Crippen molar-refractivity contribution in [1.82, 2.24) is 9.80 Å². The Balaban J connectivity index is 1.24. The fourth-order valence-electron chi connectivity index (χ4n) is 3.94. The number of carbonyl (C=O) groups excluding carboxylic acids is 1. The smallest absolute Gasteiger partial charge is 0.236 e. The lowest BCUT2D eigenvalue weighted by molar-refractivity contribution is -0.132. The molecule has 2 heterocycles. The lowest BCUT2D eigenvalue weighted by Gasteiger charge is -2.37. The Morgan fingerprint density at radius 2 is 1.72 bits per heavy atom. The highest BCUT2D eigenvalue weighted by molar-refractivity contribution is 5.78. The average molecular weight is 396 g/mol. The van der Waals surface area contributed by atoms with Gasteiger partial charge in [-0.3, -0.25) is 9.69 Å². The second-order valence-corrected chi connectivity index (χ2v) is 7.82. The Bertz CT molecular complexity index is 849. The SMILES string of the molecule is Cc1ccccc1N1CCN(CC(=O)N(C)C[C@@H]2COc3ccccc3O2)CC1. The van der Waals surface area contributed by atoms with Crippen LogP contribution in [0.4, 0.5) is 5.69 Å². The Morgan fingerprint density at radius 1 is 1.03 bits per heavy atom. The monoisotopic (exact) mass is 395 g/mol. The van der Waals surface area contributed by atoms with Gasteiger partial charge < -0.3 is 19.3 Å². The summed E-state index contributed by atoms with van der Waals surface area (Å²) in [5, 5.41) is 0. The maximum absolute atomic E-state index is 12.7. The third kappa shape index (κ3) is 4.65. The largest absolute Gasteiger partial charge is 0.486 e. The molecule has 0 spiro atoms. The molecule has 2 aliphatic heterocycles. The molecule has 4 rings (SSSR count). The van der Waals surface area contributed by atoms with Crippen LogP contribution in [0.15, 0.2) is 48.5 Å². The van der Waals surface area contributed by atoms with E-state index in [0.29, 0.717) is 19.7 Å². The van der Waals surface area contributed by atoms with Crippen LogP contribution in [0.3, 0.4) is 0 Å². The minimum absolute atomic E-state index is 0.122. The van der Waals surface area contributed by atoms with Crippen LogP contribution >= 0.6 is 0 Å². The highest BCUT2D eigenvalue weighted by atomic mass is 16.6. The zero-order valence-electron chi connectivity index (χ0n) is 17.2. The van der Waals surface area contributed by atoms with Gasteiger partial charge in [0.25, 0.3) is 0 Å². The van der Waals surface area contributed by atoms with Crippen molar-refractivity contribution in [2.45, 2.75) is 13.0 Å². The zero-order chi connectivity index (χ0) is 20.2. The minimum atomic E-state index is -0.142. The first kappa shape index (κ1) is 19.6. The summed E-state index contributed by atoms with van der Waals surface area (Å²) >= 11 is 0. The van der Waals surface area contributed by atoms with Gasteiger partial charge in [0.2, 0.25) is 5.91 Å². The van der Waals surface area contributed by atoms with Gasteiger partial charge in [-0.1, -0.05) is 30.3 Å². The zero-order valence-corrected chi connectivity index (χ0v) is 17.2. The molecule has 0 unspecified atom stereocenters. The molecule has 2 aromatic carbocycles. The summed E-state index contributed by atoms with van der Waals surface area (Å²) < 4.78 is 11.7. The number of anilines is 1. The molecular weight excluding hydrogens is 366 g/mol. The number of piperazine rings is 1. The van der Waals surface area contributed by atoms with Gasteiger partial charge in [0.15, 0.2) is 17.6 Å². The van der Waals surface area contributed by atoms with Crippen LogP contribution in [-0.4, -0.2) is 74.7 Å². The molecule has 0 saturated carbocycles. The highest BCUT2D eigenvalue weighted by Gasteiger charge is 2.25. The molecule has 6 heteroatoms. The van der Waals surface area contributed by atoms with Gasteiger partial charge in [0.1, 0.15) is 6.61 Å². The predicted molar refractivity (Wildman–Crippen MR) is 114 cm³/mol. The van der Waals surface area contributed by atoms with E-state index in [1.54, 1.807) is 4.90 Å². The molecule has 1 fully saturated rings. The predicted octanol–water partition coefficient (Wildman–Crippen LogP) is 2.42. The lowest BCUT2D eigenvalue weighted by atomic mass is 10.1. The van der Waals surface area contributed by atoms with E-state index >= 15 is 0 Å². The summed E-state index contributed by atoms with van der Waals surface area (Å²) in [6, 6.07) is 16.1. The molecule has 0 radical (unpaired) electrons. The van der Waals surface area contributed by atoms with E-state index in [-0.39, 0.29) is 12.0 Å². The first-order chi connectivity index (χ1) is 14.1. The van der Waals surface area contributed by atoms with E-state index in [4.69, 9.17) is 9.47 Å². The fourth-order valence-corrected chi connectivity index (χ4v) is 3.94. The van der Waals surface area contributed by atoms with Crippen LogP contribution < -0.4 is 14.4 Å². The normalized spacial score (nSPS) is 19.1. The minimum Gasteiger partial charge on any atom is -0.486 e. The van der Waals surface area contributed by atoms with Gasteiger partial charge in [0.05, 0.1) is 13.1 Å². The van der Waals surface area contributed by atoms with Gasteiger partial charge in [0, 0.05) is 38.9 Å². The molecule has 1 atom stereocenters. The Kier molecular flexibility index (Phi) is 5.90. The summed E-state index contributed by atoms with van der Waals surface area (Å²) in [4.78, 5) is 19.1. The van der Waals surface area contributed by atoms with Crippen molar-refractivity contribution in [2.24, 2.45) is 0 Å². The first-order valence-corrected chi connectivity index (χ1v) is 10.3. The summed E-state index contributed by atoms with van der Waals surface area (Å²) in [7, 11) is 1.84. The van der Waals surface area contributed by atoms with Crippen LogP contribution in [0.25, 0.3) is 0 Å². The van der Waals surface area contributed by atoms with Crippen molar-refractivity contribution in [2.75, 3.05) is 57.8 Å². The van der Waals surface area contributed by atoms with E-state index in [2.05, 4.69) is 41.0 Å². The van der Waals surface area contributed by atoms with Crippen LogP contribution in [0.2, 0.25) is 0 Å². The topological polar surface area (TPSA) is 45.2 Å². The van der Waals surface area contributed by atoms with Crippen molar-refractivity contribution in [3.8, 4) is 11.5 Å². The standard InChI is InChI=1S/C23H29N3O3/c1-18-7-3-4-8-20(18)26-13-11-25(12-14-26)16-23(27)24(2)15-19-17-28-21-9-5-6-10-22(21)29-19/h3-10,19H,11-17H2,1-2H3/t19-/m1/s1. The second-order valence-electron chi connectivity index (χ2n) is 7.82. The molecule has 0 N–H and O–H groups in total. The highest BCUT2D eigenvalue weighted by Crippen LogP contribution is 2.31. The van der Waals surface area contributed by atoms with Crippen molar-refractivity contribution in [1.29, 1.82) is 0 Å². The summed E-state index contributed by atoms with van der Waals surface area (Å²) in [6.07, 6.45) is -0.142. The molecule has 0 aromatic heterocycles. The number of amides is 1. The number of hydrogen-bond donors (Lipinski definition) is 0. The molecule has 6 nitrogen and oxygen atoms in total. The molecular formula is C23H29N3O3. The van der Waals surface area contributed by atoms with Gasteiger partial charge in [-0.05, 0) is 30.7 Å². The Morgan fingerprint density at radius 3 is 2.48 bits per heavy atom. The molecule has 1 saturated heterocycles. The van der Waals surface area contributed by atoms with Crippen molar-refractivity contribution in [3.05, 3.63) is 54.1 Å². The van der Waals surface area contributed by atoms with Crippen molar-refractivity contribution >= 4 is 11.6 Å². The van der Waals surface area contributed by atoms with Crippen LogP contribution in [0.5, 0.6) is 11.5 Å². The number of benzene rings is 2. The molecule has 0 aliphatic carbocycles. The molecule has 1 amide bonds. The summed E-state index contributed by atoms with van der Waals surface area (Å²) in [5.41, 5.74) is 2.60. The molecule has 154 valence electrons. The van der Waals surface area contributed by atoms with Crippen LogP contribution in [0.1, 0.15) is 5.56 Å². The number of rotatable bonds is 5. The Labute approximate surface area is 172 Å². The van der Waals surface area contributed by atoms with Crippen molar-refractivity contribution in [3.63, 3.8) is 0 Å². The summed E-state index contributed by atoms with van der Waals surface area (Å²) in [5.74, 6) is 1.64. The number of carbonyl (C=O) groups is 1. The van der Waals surface area contributed by atoms with E-state index in [1.165, 1.54) is 11.3 Å². The fraction of sp³-hybridized carbons (Fsp3) is 0.435. The average Bonchev–Trinajstić information content (AvgIpc) is 2.74. The van der Waals surface area contributed by atoms with Crippen LogP contribution in [0, 0.1) is 6.92 Å². The number of nitrogens with zero attached hydrogens (tertiary/aromatic N) is 3. The quantitative estimate of drug-likeness (QED) is 0.778. The van der Waals surface area contributed by atoms with Gasteiger partial charge in [-0.25, -0.2) is 0 Å². The van der Waals surface area contributed by atoms with E-state index < -0.39 is 0 Å². The van der Waals surface area contributed by atoms with Gasteiger partial charge in [-0.2, -0.15) is 0 Å². The number of fused-ring (bicyclic) bond motifs is 1. The van der Waals surface area contributed by atoms with E-state index in [0.717, 1.165) is 37.7 Å².